The molecule has 0 spiro atoms. The van der Waals surface area contributed by atoms with Crippen LogP contribution < -0.4 is 18.9 Å². The quantitative estimate of drug-likeness (QED) is 0.352. The van der Waals surface area contributed by atoms with Crippen LogP contribution in [-0.4, -0.2) is 33.4 Å². The topological polar surface area (TPSA) is 63.2 Å². The van der Waals surface area contributed by atoms with E-state index in [1.807, 2.05) is 73.7 Å². The van der Waals surface area contributed by atoms with Gasteiger partial charge in [0.25, 0.3) is 0 Å². The number of ether oxygens (including phenoxy) is 5. The molecule has 1 aliphatic rings. The van der Waals surface area contributed by atoms with E-state index >= 15 is 0 Å². The third-order valence-electron chi connectivity index (χ3n) is 6.26. The van der Waals surface area contributed by atoms with E-state index in [9.17, 15) is 4.79 Å². The van der Waals surface area contributed by atoms with E-state index in [0.717, 1.165) is 22.4 Å². The molecule has 6 heteroatoms. The zero-order chi connectivity index (χ0) is 24.6. The Hall–Kier alpha value is -3.67. The summed E-state index contributed by atoms with van der Waals surface area (Å²) in [5.74, 6) is 2.43. The number of rotatable bonds is 11. The lowest BCUT2D eigenvalue weighted by Gasteiger charge is -2.18. The molecule has 35 heavy (non-hydrogen) atoms. The third-order valence-corrected chi connectivity index (χ3v) is 6.26. The first kappa shape index (κ1) is 24.5. The van der Waals surface area contributed by atoms with Crippen LogP contribution in [0, 0.1) is 11.8 Å². The van der Waals surface area contributed by atoms with Crippen molar-refractivity contribution in [2.45, 2.75) is 26.4 Å². The zero-order valence-electron chi connectivity index (χ0n) is 20.5. The molecule has 3 aromatic carbocycles. The molecule has 1 saturated heterocycles. The summed E-state index contributed by atoms with van der Waals surface area (Å²) in [4.78, 5) is 12.6. The minimum absolute atomic E-state index is 0.0742. The molecule has 0 aliphatic carbocycles. The monoisotopic (exact) mass is 476 g/mol. The molecule has 0 bridgehead atoms. The Bertz CT molecular complexity index is 1130. The van der Waals surface area contributed by atoms with E-state index in [0.29, 0.717) is 49.9 Å². The van der Waals surface area contributed by atoms with E-state index in [4.69, 9.17) is 23.7 Å². The average molecular weight is 477 g/mol. The smallest absolute Gasteiger partial charge is 0.309 e. The number of carbonyl (C=O) groups is 1. The highest BCUT2D eigenvalue weighted by Gasteiger charge is 2.37. The van der Waals surface area contributed by atoms with Crippen LogP contribution in [0.4, 0.5) is 0 Å². The fourth-order valence-corrected chi connectivity index (χ4v) is 4.42. The van der Waals surface area contributed by atoms with Crippen LogP contribution in [0.15, 0.2) is 66.7 Å². The summed E-state index contributed by atoms with van der Waals surface area (Å²) in [6.07, 6.45) is 1.29. The maximum Gasteiger partial charge on any atom is 0.309 e. The largest absolute Gasteiger partial charge is 0.493 e. The van der Waals surface area contributed by atoms with Gasteiger partial charge < -0.3 is 23.7 Å². The van der Waals surface area contributed by atoms with Crippen LogP contribution in [0.5, 0.6) is 23.0 Å². The van der Waals surface area contributed by atoms with Gasteiger partial charge in [-0.2, -0.15) is 0 Å². The van der Waals surface area contributed by atoms with E-state index in [1.54, 1.807) is 14.2 Å². The molecule has 184 valence electrons. The summed E-state index contributed by atoms with van der Waals surface area (Å²) < 4.78 is 28.1. The minimum atomic E-state index is -0.228. The van der Waals surface area contributed by atoms with E-state index in [1.165, 1.54) is 0 Å². The Kier molecular flexibility index (Phi) is 8.14. The number of hydrogen-bond acceptors (Lipinski definition) is 6. The lowest BCUT2D eigenvalue weighted by atomic mass is 9.85. The predicted molar refractivity (Wildman–Crippen MR) is 133 cm³/mol. The molecule has 2 atom stereocenters. The zero-order valence-corrected chi connectivity index (χ0v) is 20.5. The van der Waals surface area contributed by atoms with Crippen molar-refractivity contribution in [1.82, 2.24) is 0 Å². The van der Waals surface area contributed by atoms with Crippen molar-refractivity contribution in [3.8, 4) is 23.0 Å². The van der Waals surface area contributed by atoms with Gasteiger partial charge in [-0.15, -0.1) is 0 Å². The molecule has 0 unspecified atom stereocenters. The Morgan fingerprint density at radius 3 is 2.03 bits per heavy atom. The minimum Gasteiger partial charge on any atom is -0.493 e. The number of carbonyl (C=O) groups excluding carboxylic acids is 1. The van der Waals surface area contributed by atoms with Crippen molar-refractivity contribution in [3.63, 3.8) is 0 Å². The molecule has 0 saturated carbocycles. The lowest BCUT2D eigenvalue weighted by molar-refractivity contribution is -0.141. The molecule has 0 N–H and O–H groups in total. The first-order chi connectivity index (χ1) is 17.1. The summed E-state index contributed by atoms with van der Waals surface area (Å²) in [5.41, 5.74) is 3.17. The molecule has 1 heterocycles. The molecule has 3 aromatic rings. The second-order valence-corrected chi connectivity index (χ2v) is 8.58. The number of cyclic esters (lactones) is 1. The molecule has 4 rings (SSSR count). The van der Waals surface area contributed by atoms with Gasteiger partial charge in [0.2, 0.25) is 0 Å². The normalized spacial score (nSPS) is 17.1. The number of methoxy groups -OCH3 is 2. The summed E-state index contributed by atoms with van der Waals surface area (Å²) in [6.45, 7) is 3.38. The molecule has 0 amide bonds. The second kappa shape index (κ2) is 11.6. The van der Waals surface area contributed by atoms with Crippen molar-refractivity contribution in [2.75, 3.05) is 27.4 Å². The average Bonchev–Trinajstić information content (AvgIpc) is 3.23. The first-order valence-electron chi connectivity index (χ1n) is 11.9. The van der Waals surface area contributed by atoms with Gasteiger partial charge in [-0.1, -0.05) is 42.5 Å². The highest BCUT2D eigenvalue weighted by Crippen LogP contribution is 2.35. The van der Waals surface area contributed by atoms with Gasteiger partial charge in [0.05, 0.1) is 33.4 Å². The van der Waals surface area contributed by atoms with Gasteiger partial charge in [-0.25, -0.2) is 0 Å². The number of hydrogen-bond donors (Lipinski definition) is 0. The Labute approximate surface area is 206 Å². The fourth-order valence-electron chi connectivity index (χ4n) is 4.42. The second-order valence-electron chi connectivity index (χ2n) is 8.58. The highest BCUT2D eigenvalue weighted by molar-refractivity contribution is 5.75. The van der Waals surface area contributed by atoms with E-state index < -0.39 is 0 Å². The van der Waals surface area contributed by atoms with Crippen molar-refractivity contribution >= 4 is 5.97 Å². The maximum atomic E-state index is 12.6. The van der Waals surface area contributed by atoms with Gasteiger partial charge >= 0.3 is 5.97 Å². The Balaban J connectivity index is 1.44. The van der Waals surface area contributed by atoms with Gasteiger partial charge in [-0.3, -0.25) is 4.79 Å². The van der Waals surface area contributed by atoms with Crippen LogP contribution in [0.3, 0.4) is 0 Å². The van der Waals surface area contributed by atoms with Gasteiger partial charge in [0, 0.05) is 5.92 Å². The lowest BCUT2D eigenvalue weighted by Crippen LogP contribution is -2.20. The molecular formula is C29H32O6. The van der Waals surface area contributed by atoms with E-state index in [-0.39, 0.29) is 17.8 Å². The van der Waals surface area contributed by atoms with Crippen molar-refractivity contribution in [1.29, 1.82) is 0 Å². The van der Waals surface area contributed by atoms with Gasteiger partial charge in [-0.05, 0) is 60.7 Å². The molecule has 6 nitrogen and oxygen atoms in total. The number of esters is 1. The van der Waals surface area contributed by atoms with E-state index in [2.05, 4.69) is 0 Å². The highest BCUT2D eigenvalue weighted by atomic mass is 16.5. The summed E-state index contributed by atoms with van der Waals surface area (Å²) >= 11 is 0. The third kappa shape index (κ3) is 6.07. The van der Waals surface area contributed by atoms with Crippen molar-refractivity contribution in [3.05, 3.63) is 83.4 Å². The van der Waals surface area contributed by atoms with Crippen LogP contribution in [-0.2, 0) is 29.0 Å². The fraction of sp³-hybridized carbons (Fsp3) is 0.345. The van der Waals surface area contributed by atoms with Gasteiger partial charge in [0.15, 0.2) is 23.0 Å². The SMILES string of the molecule is CCOc1ccc(C[C@H]2COC(=O)[C@@H]2Cc2ccc(OCc3ccccc3)c(OC)c2)cc1OC. The standard InChI is InChI=1S/C29H32O6/c1-4-33-25-12-10-21(16-27(25)31-2)14-23-19-35-29(30)24(23)15-22-11-13-26(28(17-22)32-3)34-18-20-8-6-5-7-9-20/h5-13,16-17,23-24H,4,14-15,18-19H2,1-3H3/t23-,24+/m0/s1. The Morgan fingerprint density at radius 2 is 1.40 bits per heavy atom. The molecule has 0 aromatic heterocycles. The number of benzene rings is 3. The van der Waals surface area contributed by atoms with Crippen molar-refractivity contribution < 1.29 is 28.5 Å². The predicted octanol–water partition coefficient (Wildman–Crippen LogP) is 5.26. The molecular weight excluding hydrogens is 444 g/mol. The molecule has 1 aliphatic heterocycles. The van der Waals surface area contributed by atoms with Crippen LogP contribution in [0.2, 0.25) is 0 Å². The first-order valence-corrected chi connectivity index (χ1v) is 11.9. The van der Waals surface area contributed by atoms with Crippen LogP contribution in [0.1, 0.15) is 23.6 Å². The molecule has 1 fully saturated rings. The maximum absolute atomic E-state index is 12.6. The van der Waals surface area contributed by atoms with Crippen LogP contribution >= 0.6 is 0 Å². The summed E-state index contributed by atoms with van der Waals surface area (Å²) in [6, 6.07) is 21.8. The summed E-state index contributed by atoms with van der Waals surface area (Å²) in [7, 11) is 3.26. The Morgan fingerprint density at radius 1 is 0.771 bits per heavy atom. The summed E-state index contributed by atoms with van der Waals surface area (Å²) in [5, 5.41) is 0. The molecule has 0 radical (unpaired) electrons. The van der Waals surface area contributed by atoms with Crippen molar-refractivity contribution in [2.24, 2.45) is 11.8 Å². The van der Waals surface area contributed by atoms with Crippen LogP contribution in [0.25, 0.3) is 0 Å². The van der Waals surface area contributed by atoms with Gasteiger partial charge in [0.1, 0.15) is 6.61 Å².